The number of hydrogen-bond donors (Lipinski definition) is 1. The first kappa shape index (κ1) is 16.4. The summed E-state index contributed by atoms with van der Waals surface area (Å²) in [6.45, 7) is 7.72. The first-order valence-corrected chi connectivity index (χ1v) is 7.66. The van der Waals surface area contributed by atoms with Gasteiger partial charge in [0.25, 0.3) is 0 Å². The van der Waals surface area contributed by atoms with E-state index in [9.17, 15) is 8.42 Å². The Morgan fingerprint density at radius 2 is 1.95 bits per heavy atom. The number of hydrogen-bond acceptors (Lipinski definition) is 3. The molecule has 1 fully saturated rings. The second kappa shape index (κ2) is 6.22. The Labute approximate surface area is 121 Å². The Kier molecular flexibility index (Phi) is 5.38. The van der Waals surface area contributed by atoms with Crippen LogP contribution in [0.5, 0.6) is 0 Å². The molecule has 0 radical (unpaired) electrons. The Hall–Kier alpha value is -0.620. The zero-order valence-electron chi connectivity index (χ0n) is 11.5. The summed E-state index contributed by atoms with van der Waals surface area (Å²) in [5, 5.41) is 3.25. The van der Waals surface area contributed by atoms with Gasteiger partial charge in [-0.15, -0.1) is 12.4 Å². The smallest absolute Gasteiger partial charge is 0.243 e. The molecule has 1 aromatic carbocycles. The van der Waals surface area contributed by atoms with Crippen molar-refractivity contribution in [1.82, 2.24) is 9.62 Å². The van der Waals surface area contributed by atoms with Gasteiger partial charge in [0.15, 0.2) is 0 Å². The lowest BCUT2D eigenvalue weighted by Crippen LogP contribution is -2.51. The summed E-state index contributed by atoms with van der Waals surface area (Å²) in [5.74, 6) is 0. The highest BCUT2D eigenvalue weighted by Crippen LogP contribution is 2.20. The molecule has 2 rings (SSSR count). The lowest BCUT2D eigenvalue weighted by molar-refractivity contribution is 0.310. The number of halogens is 1. The van der Waals surface area contributed by atoms with E-state index in [4.69, 9.17) is 0 Å². The Morgan fingerprint density at radius 1 is 1.26 bits per heavy atom. The van der Waals surface area contributed by atoms with Crippen LogP contribution in [0.15, 0.2) is 23.1 Å². The van der Waals surface area contributed by atoms with Gasteiger partial charge in [0, 0.05) is 25.7 Å². The van der Waals surface area contributed by atoms with Crippen LogP contribution in [0.3, 0.4) is 0 Å². The maximum absolute atomic E-state index is 12.5. The molecule has 1 aliphatic rings. The molecule has 1 N–H and O–H groups in total. The van der Waals surface area contributed by atoms with Crippen LogP contribution < -0.4 is 5.32 Å². The zero-order chi connectivity index (χ0) is 13.3. The highest BCUT2D eigenvalue weighted by atomic mass is 35.5. The molecule has 6 heteroatoms. The lowest BCUT2D eigenvalue weighted by Gasteiger charge is -2.31. The summed E-state index contributed by atoms with van der Waals surface area (Å²) in [4.78, 5) is 0.403. The average Bonchev–Trinajstić information content (AvgIpc) is 2.32. The predicted molar refractivity (Wildman–Crippen MR) is 79.4 cm³/mol. The van der Waals surface area contributed by atoms with E-state index in [0.29, 0.717) is 24.5 Å². The van der Waals surface area contributed by atoms with E-state index in [-0.39, 0.29) is 18.4 Å². The fourth-order valence-corrected chi connectivity index (χ4v) is 3.75. The van der Waals surface area contributed by atoms with Gasteiger partial charge in [0.2, 0.25) is 10.0 Å². The Balaban J connectivity index is 0.00000180. The zero-order valence-corrected chi connectivity index (χ0v) is 13.1. The van der Waals surface area contributed by atoms with Crippen molar-refractivity contribution in [3.05, 3.63) is 29.3 Å². The van der Waals surface area contributed by atoms with E-state index in [2.05, 4.69) is 5.32 Å². The van der Waals surface area contributed by atoms with Crippen molar-refractivity contribution >= 4 is 22.4 Å². The van der Waals surface area contributed by atoms with Crippen molar-refractivity contribution in [2.24, 2.45) is 0 Å². The van der Waals surface area contributed by atoms with Crippen LogP contribution in [-0.4, -0.2) is 38.4 Å². The van der Waals surface area contributed by atoms with E-state index in [1.54, 1.807) is 16.4 Å². The first-order chi connectivity index (χ1) is 8.41. The monoisotopic (exact) mass is 304 g/mol. The van der Waals surface area contributed by atoms with Crippen LogP contribution >= 0.6 is 12.4 Å². The third-order valence-electron chi connectivity index (χ3n) is 3.45. The van der Waals surface area contributed by atoms with Gasteiger partial charge < -0.3 is 5.32 Å². The third kappa shape index (κ3) is 3.48. The molecule has 0 amide bonds. The van der Waals surface area contributed by atoms with Gasteiger partial charge in [0.1, 0.15) is 0 Å². The SMILES string of the molecule is Cc1ccc(S(=O)(=O)N2CCN[C@H](C)C2)cc1C.Cl. The molecule has 19 heavy (non-hydrogen) atoms. The second-order valence-electron chi connectivity index (χ2n) is 4.96. The van der Waals surface area contributed by atoms with Gasteiger partial charge in [-0.05, 0) is 44.0 Å². The van der Waals surface area contributed by atoms with Gasteiger partial charge in [-0.3, -0.25) is 0 Å². The van der Waals surface area contributed by atoms with Gasteiger partial charge >= 0.3 is 0 Å². The molecule has 4 nitrogen and oxygen atoms in total. The van der Waals surface area contributed by atoms with Crippen LogP contribution in [0.25, 0.3) is 0 Å². The average molecular weight is 305 g/mol. The van der Waals surface area contributed by atoms with Gasteiger partial charge in [-0.25, -0.2) is 8.42 Å². The number of aryl methyl sites for hydroxylation is 2. The maximum Gasteiger partial charge on any atom is 0.243 e. The summed E-state index contributed by atoms with van der Waals surface area (Å²) in [5.41, 5.74) is 2.13. The predicted octanol–water partition coefficient (Wildman–Crippen LogP) is 1.71. The topological polar surface area (TPSA) is 49.4 Å². The van der Waals surface area contributed by atoms with Crippen molar-refractivity contribution < 1.29 is 8.42 Å². The van der Waals surface area contributed by atoms with Gasteiger partial charge in [-0.1, -0.05) is 6.07 Å². The molecule has 108 valence electrons. The van der Waals surface area contributed by atoms with E-state index in [1.165, 1.54) is 0 Å². The summed E-state index contributed by atoms with van der Waals surface area (Å²) in [6.07, 6.45) is 0. The van der Waals surface area contributed by atoms with E-state index >= 15 is 0 Å². The summed E-state index contributed by atoms with van der Waals surface area (Å²) < 4.78 is 26.6. The molecule has 0 aliphatic carbocycles. The number of benzene rings is 1. The minimum Gasteiger partial charge on any atom is -0.312 e. The van der Waals surface area contributed by atoms with Crippen molar-refractivity contribution in [2.75, 3.05) is 19.6 Å². The largest absolute Gasteiger partial charge is 0.312 e. The fraction of sp³-hybridized carbons (Fsp3) is 0.538. The summed E-state index contributed by atoms with van der Waals surface area (Å²) >= 11 is 0. The van der Waals surface area contributed by atoms with E-state index < -0.39 is 10.0 Å². The molecule has 0 spiro atoms. The van der Waals surface area contributed by atoms with Crippen LogP contribution in [0, 0.1) is 13.8 Å². The van der Waals surface area contributed by atoms with Crippen molar-refractivity contribution in [1.29, 1.82) is 0 Å². The molecule has 0 bridgehead atoms. The first-order valence-electron chi connectivity index (χ1n) is 6.22. The molecule has 1 heterocycles. The van der Waals surface area contributed by atoms with E-state index in [0.717, 1.165) is 11.1 Å². The maximum atomic E-state index is 12.5. The van der Waals surface area contributed by atoms with Crippen LogP contribution in [0.2, 0.25) is 0 Å². The normalized spacial score (nSPS) is 20.9. The van der Waals surface area contributed by atoms with Crippen LogP contribution in [0.4, 0.5) is 0 Å². The number of nitrogens with one attached hydrogen (secondary N) is 1. The van der Waals surface area contributed by atoms with Crippen molar-refractivity contribution in [3.63, 3.8) is 0 Å². The van der Waals surface area contributed by atoms with Crippen molar-refractivity contribution in [2.45, 2.75) is 31.7 Å². The second-order valence-corrected chi connectivity index (χ2v) is 6.90. The minimum atomic E-state index is -3.34. The number of nitrogens with zero attached hydrogens (tertiary/aromatic N) is 1. The standard InChI is InChI=1S/C13H20N2O2S.ClH/c1-10-4-5-13(8-11(10)2)18(16,17)15-7-6-14-12(3)9-15;/h4-5,8,12,14H,6-7,9H2,1-3H3;1H/t12-;/m1./s1. The number of sulfonamides is 1. The minimum absolute atomic E-state index is 0. The molecular weight excluding hydrogens is 284 g/mol. The summed E-state index contributed by atoms with van der Waals surface area (Å²) in [7, 11) is -3.34. The Morgan fingerprint density at radius 3 is 2.53 bits per heavy atom. The number of piperazine rings is 1. The van der Waals surface area contributed by atoms with Gasteiger partial charge in [0.05, 0.1) is 4.90 Å². The summed E-state index contributed by atoms with van der Waals surface area (Å²) in [6, 6.07) is 5.54. The molecule has 1 aromatic rings. The highest BCUT2D eigenvalue weighted by Gasteiger charge is 2.28. The molecular formula is C13H21ClN2O2S. The molecule has 0 unspecified atom stereocenters. The van der Waals surface area contributed by atoms with Crippen LogP contribution in [0.1, 0.15) is 18.1 Å². The molecule has 1 saturated heterocycles. The lowest BCUT2D eigenvalue weighted by atomic mass is 10.1. The Bertz CT molecular complexity index is 546. The molecule has 0 aromatic heterocycles. The highest BCUT2D eigenvalue weighted by molar-refractivity contribution is 7.89. The molecule has 1 aliphatic heterocycles. The number of rotatable bonds is 2. The van der Waals surface area contributed by atoms with E-state index in [1.807, 2.05) is 26.8 Å². The van der Waals surface area contributed by atoms with Crippen LogP contribution in [-0.2, 0) is 10.0 Å². The van der Waals surface area contributed by atoms with Crippen molar-refractivity contribution in [3.8, 4) is 0 Å². The molecule has 1 atom stereocenters. The quantitative estimate of drug-likeness (QED) is 0.905. The fourth-order valence-electron chi connectivity index (χ4n) is 2.14. The van der Waals surface area contributed by atoms with Gasteiger partial charge in [-0.2, -0.15) is 4.31 Å². The molecule has 0 saturated carbocycles. The third-order valence-corrected chi connectivity index (χ3v) is 5.31.